The van der Waals surface area contributed by atoms with Crippen LogP contribution >= 0.6 is 0 Å². The highest BCUT2D eigenvalue weighted by Crippen LogP contribution is 2.12. The molecule has 1 fully saturated rings. The zero-order valence-corrected chi connectivity index (χ0v) is 14.2. The van der Waals surface area contributed by atoms with Crippen LogP contribution < -0.4 is 5.32 Å². The van der Waals surface area contributed by atoms with Crippen molar-refractivity contribution in [3.05, 3.63) is 29.8 Å². The van der Waals surface area contributed by atoms with E-state index in [0.717, 1.165) is 0 Å². The maximum absolute atomic E-state index is 12.1. The summed E-state index contributed by atoms with van der Waals surface area (Å²) in [5.41, 5.74) is 0.849. The lowest BCUT2D eigenvalue weighted by Crippen LogP contribution is -2.42. The minimum atomic E-state index is -3.46. The summed E-state index contributed by atoms with van der Waals surface area (Å²) in [4.78, 5) is 23.2. The first kappa shape index (κ1) is 18.4. The molecule has 0 bridgehead atoms. The van der Waals surface area contributed by atoms with E-state index >= 15 is 0 Å². The average Bonchev–Trinajstić information content (AvgIpc) is 2.61. The Morgan fingerprint density at radius 2 is 1.83 bits per heavy atom. The first-order valence-corrected chi connectivity index (χ1v) is 9.07. The molecule has 1 aromatic rings. The molecule has 1 aliphatic heterocycles. The van der Waals surface area contributed by atoms with Gasteiger partial charge in [0.05, 0.1) is 31.6 Å². The van der Waals surface area contributed by atoms with Crippen molar-refractivity contribution >= 4 is 27.6 Å². The highest BCUT2D eigenvalue weighted by atomic mass is 32.2. The Balaban J connectivity index is 1.85. The van der Waals surface area contributed by atoms with Gasteiger partial charge >= 0.3 is 5.97 Å². The van der Waals surface area contributed by atoms with Gasteiger partial charge in [-0.25, -0.2) is 13.2 Å². The van der Waals surface area contributed by atoms with Crippen LogP contribution in [-0.2, 0) is 24.3 Å². The number of esters is 1. The summed E-state index contributed by atoms with van der Waals surface area (Å²) in [5.74, 6) is -1.12. The van der Waals surface area contributed by atoms with Gasteiger partial charge < -0.3 is 14.8 Å². The summed E-state index contributed by atoms with van der Waals surface area (Å²) >= 11 is 0. The predicted molar refractivity (Wildman–Crippen MR) is 87.2 cm³/mol. The largest absolute Gasteiger partial charge is 0.465 e. The van der Waals surface area contributed by atoms with Crippen LogP contribution in [0.5, 0.6) is 0 Å². The van der Waals surface area contributed by atoms with Gasteiger partial charge in [-0.15, -0.1) is 0 Å². The zero-order valence-electron chi connectivity index (χ0n) is 13.4. The number of ether oxygens (including phenoxy) is 2. The molecule has 1 saturated heterocycles. The van der Waals surface area contributed by atoms with Gasteiger partial charge in [0.2, 0.25) is 15.9 Å². The highest BCUT2D eigenvalue weighted by molar-refractivity contribution is 7.89. The SMILES string of the molecule is COC(=O)c1ccc(NC(=O)CCS(=O)(=O)N2CCOCC2)cc1. The normalized spacial score (nSPS) is 15.7. The van der Waals surface area contributed by atoms with Crippen LogP contribution in [0.4, 0.5) is 5.69 Å². The van der Waals surface area contributed by atoms with Crippen molar-refractivity contribution in [2.45, 2.75) is 6.42 Å². The molecule has 0 radical (unpaired) electrons. The first-order chi connectivity index (χ1) is 11.4. The van der Waals surface area contributed by atoms with Gasteiger partial charge in [0.25, 0.3) is 0 Å². The van der Waals surface area contributed by atoms with Crippen LogP contribution in [0.15, 0.2) is 24.3 Å². The van der Waals surface area contributed by atoms with Gasteiger partial charge in [0.15, 0.2) is 0 Å². The third kappa shape index (κ3) is 5.02. The maximum atomic E-state index is 12.1. The third-order valence-corrected chi connectivity index (χ3v) is 5.41. The number of anilines is 1. The van der Waals surface area contributed by atoms with Gasteiger partial charge in [-0.05, 0) is 24.3 Å². The second-order valence-corrected chi connectivity index (χ2v) is 7.28. The van der Waals surface area contributed by atoms with E-state index < -0.39 is 21.9 Å². The standard InChI is InChI=1S/C15H20N2O6S/c1-22-15(19)12-2-4-13(5-3-12)16-14(18)6-11-24(20,21)17-7-9-23-10-8-17/h2-5H,6-11H2,1H3,(H,16,18). The van der Waals surface area contributed by atoms with Crippen LogP contribution in [0.3, 0.4) is 0 Å². The fourth-order valence-corrected chi connectivity index (χ4v) is 3.61. The van der Waals surface area contributed by atoms with E-state index in [2.05, 4.69) is 10.1 Å². The monoisotopic (exact) mass is 356 g/mol. The van der Waals surface area contributed by atoms with E-state index in [-0.39, 0.29) is 12.2 Å². The number of hydrogen-bond acceptors (Lipinski definition) is 6. The molecule has 132 valence electrons. The number of nitrogens with zero attached hydrogens (tertiary/aromatic N) is 1. The number of carbonyl (C=O) groups is 2. The van der Waals surface area contributed by atoms with Gasteiger partial charge in [-0.1, -0.05) is 0 Å². The van der Waals surface area contributed by atoms with E-state index in [4.69, 9.17) is 4.74 Å². The van der Waals surface area contributed by atoms with E-state index in [1.54, 1.807) is 12.1 Å². The molecule has 2 rings (SSSR count). The van der Waals surface area contributed by atoms with Crippen LogP contribution in [0.1, 0.15) is 16.8 Å². The molecule has 24 heavy (non-hydrogen) atoms. The summed E-state index contributed by atoms with van der Waals surface area (Å²) in [6.45, 7) is 1.38. The molecule has 9 heteroatoms. The van der Waals surface area contributed by atoms with Gasteiger partial charge in [0.1, 0.15) is 0 Å². The molecule has 1 amide bonds. The van der Waals surface area contributed by atoms with E-state index in [1.165, 1.54) is 23.5 Å². The number of benzene rings is 1. The molecular formula is C15H20N2O6S. The Kier molecular flexibility index (Phi) is 6.29. The number of morpholine rings is 1. The predicted octanol–water partition coefficient (Wildman–Crippen LogP) is 0.464. The van der Waals surface area contributed by atoms with Crippen molar-refractivity contribution in [1.82, 2.24) is 4.31 Å². The molecule has 0 atom stereocenters. The fraction of sp³-hybridized carbons (Fsp3) is 0.467. The lowest BCUT2D eigenvalue weighted by Gasteiger charge is -2.25. The van der Waals surface area contributed by atoms with Crippen molar-refractivity contribution < 1.29 is 27.5 Å². The number of amides is 1. The molecule has 0 spiro atoms. The molecule has 0 aliphatic carbocycles. The Labute approximate surface area is 140 Å². The third-order valence-electron chi connectivity index (χ3n) is 3.54. The minimum absolute atomic E-state index is 0.140. The van der Waals surface area contributed by atoms with E-state index in [0.29, 0.717) is 37.6 Å². The molecule has 0 unspecified atom stereocenters. The second kappa shape index (κ2) is 8.22. The summed E-state index contributed by atoms with van der Waals surface area (Å²) in [5, 5.41) is 2.60. The van der Waals surface area contributed by atoms with E-state index in [1.807, 2.05) is 0 Å². The quantitative estimate of drug-likeness (QED) is 0.743. The Morgan fingerprint density at radius 3 is 2.42 bits per heavy atom. The summed E-state index contributed by atoms with van der Waals surface area (Å²) < 4.78 is 35.3. The first-order valence-electron chi connectivity index (χ1n) is 7.46. The number of sulfonamides is 1. The van der Waals surface area contributed by atoms with Crippen LogP contribution in [0, 0.1) is 0 Å². The summed E-state index contributed by atoms with van der Waals surface area (Å²) in [6, 6.07) is 6.15. The number of nitrogens with one attached hydrogen (secondary N) is 1. The summed E-state index contributed by atoms with van der Waals surface area (Å²) in [6.07, 6.45) is -0.140. The van der Waals surface area contributed by atoms with Crippen molar-refractivity contribution in [2.24, 2.45) is 0 Å². The number of rotatable bonds is 6. The Bertz CT molecular complexity index is 680. The molecule has 1 aromatic carbocycles. The van der Waals surface area contributed by atoms with Crippen LogP contribution in [0.25, 0.3) is 0 Å². The van der Waals surface area contributed by atoms with Crippen LogP contribution in [-0.4, -0.2) is 63.8 Å². The smallest absolute Gasteiger partial charge is 0.337 e. The Hall–Kier alpha value is -1.97. The Morgan fingerprint density at radius 1 is 1.21 bits per heavy atom. The minimum Gasteiger partial charge on any atom is -0.465 e. The lowest BCUT2D eigenvalue weighted by atomic mass is 10.2. The molecule has 8 nitrogen and oxygen atoms in total. The van der Waals surface area contributed by atoms with Crippen molar-refractivity contribution in [3.63, 3.8) is 0 Å². The molecule has 1 aliphatic rings. The van der Waals surface area contributed by atoms with Gasteiger partial charge in [-0.3, -0.25) is 4.79 Å². The molecule has 1 N–H and O–H groups in total. The number of carbonyl (C=O) groups excluding carboxylic acids is 2. The summed E-state index contributed by atoms with van der Waals surface area (Å²) in [7, 11) is -2.18. The molecule has 1 heterocycles. The van der Waals surface area contributed by atoms with Gasteiger partial charge in [-0.2, -0.15) is 4.31 Å². The number of hydrogen-bond donors (Lipinski definition) is 1. The van der Waals surface area contributed by atoms with Crippen molar-refractivity contribution in [2.75, 3.05) is 44.5 Å². The lowest BCUT2D eigenvalue weighted by molar-refractivity contribution is -0.115. The van der Waals surface area contributed by atoms with Crippen molar-refractivity contribution in [3.8, 4) is 0 Å². The average molecular weight is 356 g/mol. The fourth-order valence-electron chi connectivity index (χ4n) is 2.21. The van der Waals surface area contributed by atoms with Gasteiger partial charge in [0, 0.05) is 25.2 Å². The topological polar surface area (TPSA) is 102 Å². The maximum Gasteiger partial charge on any atom is 0.337 e. The van der Waals surface area contributed by atoms with Crippen molar-refractivity contribution in [1.29, 1.82) is 0 Å². The molecular weight excluding hydrogens is 336 g/mol. The molecule has 0 saturated carbocycles. The zero-order chi connectivity index (χ0) is 17.6. The number of methoxy groups -OCH3 is 1. The highest BCUT2D eigenvalue weighted by Gasteiger charge is 2.24. The van der Waals surface area contributed by atoms with E-state index in [9.17, 15) is 18.0 Å². The van der Waals surface area contributed by atoms with Crippen LogP contribution in [0.2, 0.25) is 0 Å². The second-order valence-electron chi connectivity index (χ2n) is 5.19. The molecule has 0 aromatic heterocycles.